The van der Waals surface area contributed by atoms with Gasteiger partial charge in [0.25, 0.3) is 0 Å². The molecule has 2 heterocycles. The van der Waals surface area contributed by atoms with E-state index in [2.05, 4.69) is 79.1 Å². The van der Waals surface area contributed by atoms with Gasteiger partial charge in [0.05, 0.1) is 0 Å². The van der Waals surface area contributed by atoms with Crippen LogP contribution in [0.15, 0.2) is 60.9 Å². The minimum atomic E-state index is 0.154. The first-order valence-corrected chi connectivity index (χ1v) is 11.8. The van der Waals surface area contributed by atoms with Crippen LogP contribution in [0.5, 0.6) is 0 Å². The molecule has 2 aromatic carbocycles. The van der Waals surface area contributed by atoms with Crippen LogP contribution in [-0.2, 0) is 6.42 Å². The van der Waals surface area contributed by atoms with Crippen LogP contribution in [0.3, 0.4) is 0 Å². The molecule has 0 amide bonds. The Morgan fingerprint density at radius 3 is 1.81 bits per heavy atom. The quantitative estimate of drug-likeness (QED) is 0.423. The lowest BCUT2D eigenvalue weighted by Gasteiger charge is -2.33. The second kappa shape index (κ2) is 12.1. The third-order valence-electron chi connectivity index (χ3n) is 5.22. The molecule has 4 heteroatoms. The predicted molar refractivity (Wildman–Crippen MR) is 135 cm³/mol. The van der Waals surface area contributed by atoms with E-state index < -0.39 is 0 Å². The fourth-order valence-electron chi connectivity index (χ4n) is 4.04. The number of aryl methyl sites for hydroxylation is 2. The zero-order valence-corrected chi connectivity index (χ0v) is 20.3. The molecule has 4 nitrogen and oxygen atoms in total. The Morgan fingerprint density at radius 1 is 0.742 bits per heavy atom. The lowest BCUT2D eigenvalue weighted by Crippen LogP contribution is -2.38. The van der Waals surface area contributed by atoms with E-state index in [4.69, 9.17) is 9.97 Å². The first kappa shape index (κ1) is 24.4. The van der Waals surface area contributed by atoms with Crippen molar-refractivity contribution in [3.63, 3.8) is 0 Å². The first-order valence-electron chi connectivity index (χ1n) is 11.8. The molecule has 1 aliphatic heterocycles. The van der Waals surface area contributed by atoms with Gasteiger partial charge in [0.15, 0.2) is 11.6 Å². The summed E-state index contributed by atoms with van der Waals surface area (Å²) >= 11 is 0. The summed E-state index contributed by atoms with van der Waals surface area (Å²) in [4.78, 5) is 14.2. The smallest absolute Gasteiger partial charge is 0.178 e. The summed E-state index contributed by atoms with van der Waals surface area (Å²) in [5, 5.41) is 0. The number of anilines is 4. The Labute approximate surface area is 189 Å². The van der Waals surface area contributed by atoms with Crippen LogP contribution in [0.1, 0.15) is 65.5 Å². The van der Waals surface area contributed by atoms with E-state index in [0.717, 1.165) is 30.9 Å². The summed E-state index contributed by atoms with van der Waals surface area (Å²) in [5.41, 5.74) is 5.04. The van der Waals surface area contributed by atoms with Crippen LogP contribution in [0.2, 0.25) is 0 Å². The molecule has 0 saturated carbocycles. The van der Waals surface area contributed by atoms with Crippen molar-refractivity contribution in [2.45, 2.75) is 73.9 Å². The Morgan fingerprint density at radius 2 is 1.26 bits per heavy atom. The molecule has 0 aliphatic carbocycles. The van der Waals surface area contributed by atoms with Crippen LogP contribution in [0.25, 0.3) is 0 Å². The number of benzene rings is 2. The Kier molecular flexibility index (Phi) is 9.51. The molecule has 1 atom stereocenters. The van der Waals surface area contributed by atoms with Gasteiger partial charge in [-0.1, -0.05) is 84.4 Å². The van der Waals surface area contributed by atoms with Gasteiger partial charge in [0.1, 0.15) is 6.17 Å². The molecule has 1 aromatic heterocycles. The molecule has 0 radical (unpaired) electrons. The Bertz CT molecular complexity index is 938. The summed E-state index contributed by atoms with van der Waals surface area (Å²) in [6, 6.07) is 17.2. The molecule has 0 spiro atoms. The highest BCUT2D eigenvalue weighted by Gasteiger charge is 2.39. The van der Waals surface area contributed by atoms with Crippen LogP contribution in [0.4, 0.5) is 23.0 Å². The van der Waals surface area contributed by atoms with Gasteiger partial charge in [-0.05, 0) is 43.0 Å². The SMILES string of the molecule is CC.CC.CCCc1ccccc1N1c2nccnc2N(c2ccccc2C)C1CC. The van der Waals surface area contributed by atoms with E-state index >= 15 is 0 Å². The lowest BCUT2D eigenvalue weighted by atomic mass is 10.1. The monoisotopic (exact) mass is 418 g/mol. The van der Waals surface area contributed by atoms with Gasteiger partial charge in [-0.15, -0.1) is 0 Å². The van der Waals surface area contributed by atoms with Crippen molar-refractivity contribution in [2.75, 3.05) is 9.80 Å². The van der Waals surface area contributed by atoms with Gasteiger partial charge in [0.2, 0.25) is 0 Å². The van der Waals surface area contributed by atoms with Gasteiger partial charge in [-0.3, -0.25) is 0 Å². The number of hydrogen-bond acceptors (Lipinski definition) is 4. The summed E-state index contributed by atoms with van der Waals surface area (Å²) in [7, 11) is 0. The third kappa shape index (κ3) is 4.90. The van der Waals surface area contributed by atoms with Gasteiger partial charge >= 0.3 is 0 Å². The maximum absolute atomic E-state index is 4.74. The lowest BCUT2D eigenvalue weighted by molar-refractivity contribution is 0.659. The summed E-state index contributed by atoms with van der Waals surface area (Å²) in [6.07, 6.45) is 6.88. The average Bonchev–Trinajstić information content (AvgIpc) is 3.16. The van der Waals surface area contributed by atoms with Crippen LogP contribution in [0, 0.1) is 6.92 Å². The average molecular weight is 419 g/mol. The molecule has 31 heavy (non-hydrogen) atoms. The molecule has 1 aliphatic rings. The zero-order chi connectivity index (χ0) is 22.8. The molecule has 0 bridgehead atoms. The second-order valence-electron chi connectivity index (χ2n) is 7.00. The summed E-state index contributed by atoms with van der Waals surface area (Å²) in [6.45, 7) is 14.6. The van der Waals surface area contributed by atoms with Crippen molar-refractivity contribution >= 4 is 23.0 Å². The van der Waals surface area contributed by atoms with Crippen molar-refractivity contribution in [2.24, 2.45) is 0 Å². The normalized spacial score (nSPS) is 14.2. The van der Waals surface area contributed by atoms with Crippen molar-refractivity contribution in [3.8, 4) is 0 Å². The molecule has 0 saturated heterocycles. The van der Waals surface area contributed by atoms with Gasteiger partial charge in [-0.25, -0.2) is 9.97 Å². The summed E-state index contributed by atoms with van der Waals surface area (Å²) < 4.78 is 0. The first-order chi connectivity index (χ1) is 15.3. The predicted octanol–water partition coefficient (Wildman–Crippen LogP) is 7.82. The molecule has 166 valence electrons. The third-order valence-corrected chi connectivity index (χ3v) is 5.22. The van der Waals surface area contributed by atoms with Gasteiger partial charge in [0, 0.05) is 23.8 Å². The van der Waals surface area contributed by atoms with E-state index in [-0.39, 0.29) is 6.17 Å². The molecule has 0 N–H and O–H groups in total. The van der Waals surface area contributed by atoms with Crippen molar-refractivity contribution < 1.29 is 0 Å². The number of rotatable bonds is 5. The number of aromatic nitrogens is 2. The largest absolute Gasteiger partial charge is 0.302 e. The zero-order valence-electron chi connectivity index (χ0n) is 20.3. The van der Waals surface area contributed by atoms with E-state index in [1.807, 2.05) is 27.7 Å². The minimum absolute atomic E-state index is 0.154. The fraction of sp³-hybridized carbons (Fsp3) is 0.407. The molecule has 4 rings (SSSR count). The highest BCUT2D eigenvalue weighted by atomic mass is 15.5. The van der Waals surface area contributed by atoms with E-state index in [1.165, 1.54) is 22.5 Å². The summed E-state index contributed by atoms with van der Waals surface area (Å²) in [5.74, 6) is 1.88. The van der Waals surface area contributed by atoms with Gasteiger partial charge in [-0.2, -0.15) is 0 Å². The molecule has 0 fully saturated rings. The van der Waals surface area contributed by atoms with Crippen LogP contribution < -0.4 is 9.80 Å². The highest BCUT2D eigenvalue weighted by molar-refractivity contribution is 5.84. The molecule has 3 aromatic rings. The molecular weight excluding hydrogens is 380 g/mol. The highest BCUT2D eigenvalue weighted by Crippen LogP contribution is 2.47. The topological polar surface area (TPSA) is 32.3 Å². The maximum Gasteiger partial charge on any atom is 0.178 e. The molecular formula is C27H38N4. The Balaban J connectivity index is 0.000000807. The van der Waals surface area contributed by atoms with Crippen molar-refractivity contribution in [3.05, 3.63) is 72.1 Å². The van der Waals surface area contributed by atoms with E-state index in [1.54, 1.807) is 12.4 Å². The van der Waals surface area contributed by atoms with Crippen LogP contribution >= 0.6 is 0 Å². The number of nitrogens with zero attached hydrogens (tertiary/aromatic N) is 4. The van der Waals surface area contributed by atoms with Crippen molar-refractivity contribution in [1.82, 2.24) is 9.97 Å². The fourth-order valence-corrected chi connectivity index (χ4v) is 4.04. The van der Waals surface area contributed by atoms with Crippen LogP contribution in [-0.4, -0.2) is 16.1 Å². The number of para-hydroxylation sites is 2. The van der Waals surface area contributed by atoms with Crippen molar-refractivity contribution in [1.29, 1.82) is 0 Å². The minimum Gasteiger partial charge on any atom is -0.302 e. The number of hydrogen-bond donors (Lipinski definition) is 0. The molecule has 1 unspecified atom stereocenters. The number of fused-ring (bicyclic) bond motifs is 1. The van der Waals surface area contributed by atoms with E-state index in [9.17, 15) is 0 Å². The van der Waals surface area contributed by atoms with Gasteiger partial charge < -0.3 is 9.80 Å². The second-order valence-corrected chi connectivity index (χ2v) is 7.00. The Hall–Kier alpha value is -2.88. The standard InChI is InChI=1S/C23H26N4.2C2H6/c1-4-10-18-12-7-9-14-20(18)27-21(5-2)26(19-13-8-6-11-17(19)3)22-23(27)25-16-15-24-22;2*1-2/h6-9,11-16,21H,4-5,10H2,1-3H3;2*1-2H3. The maximum atomic E-state index is 4.74. The van der Waals surface area contributed by atoms with E-state index in [0.29, 0.717) is 0 Å².